The second-order valence-electron chi connectivity index (χ2n) is 7.00. The summed E-state index contributed by atoms with van der Waals surface area (Å²) in [6.07, 6.45) is 3.62. The van der Waals surface area contributed by atoms with Gasteiger partial charge in [-0.2, -0.15) is 0 Å². The Morgan fingerprint density at radius 2 is 2.08 bits per heavy atom. The summed E-state index contributed by atoms with van der Waals surface area (Å²) in [5.74, 6) is 1.74. The molecule has 2 N–H and O–H groups in total. The predicted octanol–water partition coefficient (Wildman–Crippen LogP) is 2.20. The molecule has 0 aliphatic carbocycles. The summed E-state index contributed by atoms with van der Waals surface area (Å²) in [5.41, 5.74) is 1.17. The van der Waals surface area contributed by atoms with Gasteiger partial charge in [-0.3, -0.25) is 9.69 Å². The smallest absolute Gasteiger partial charge is 0.237 e. The molecule has 0 aromatic heterocycles. The van der Waals surface area contributed by atoms with E-state index in [1.165, 1.54) is 24.8 Å². The Balaban J connectivity index is 1.63. The Bertz CT molecular complexity index is 527. The van der Waals surface area contributed by atoms with E-state index in [1.807, 2.05) is 45.2 Å². The van der Waals surface area contributed by atoms with E-state index in [0.29, 0.717) is 13.2 Å². The Morgan fingerprint density at radius 3 is 2.76 bits per heavy atom. The molecule has 5 nitrogen and oxygen atoms in total. The van der Waals surface area contributed by atoms with Crippen molar-refractivity contribution in [1.29, 1.82) is 0 Å². The van der Waals surface area contributed by atoms with Gasteiger partial charge in [0.15, 0.2) is 0 Å². The quantitative estimate of drug-likeness (QED) is 0.673. The first-order chi connectivity index (χ1) is 12.1. The SMILES string of the molecule is CNCCC1CCN(C(C)C(=O)NCCOc2cccc(C)c2)CC1. The Labute approximate surface area is 152 Å². The molecule has 1 aromatic rings. The van der Waals surface area contributed by atoms with Crippen molar-refractivity contribution in [2.75, 3.05) is 39.8 Å². The standard InChI is InChI=1S/C20H33N3O2/c1-16-5-4-6-19(15-16)25-14-11-22-20(24)17(2)23-12-8-18(9-13-23)7-10-21-3/h4-6,15,17-18,21H,7-14H2,1-3H3,(H,22,24). The van der Waals surface area contributed by atoms with Crippen LogP contribution in [0.5, 0.6) is 5.75 Å². The predicted molar refractivity (Wildman–Crippen MR) is 102 cm³/mol. The van der Waals surface area contributed by atoms with Crippen LogP contribution in [-0.4, -0.2) is 56.7 Å². The molecule has 5 heteroatoms. The minimum atomic E-state index is -0.0655. The van der Waals surface area contributed by atoms with Crippen LogP contribution in [0.4, 0.5) is 0 Å². The minimum absolute atomic E-state index is 0.0655. The molecule has 140 valence electrons. The fraction of sp³-hybridized carbons (Fsp3) is 0.650. The number of hydrogen-bond acceptors (Lipinski definition) is 4. The van der Waals surface area contributed by atoms with E-state index in [-0.39, 0.29) is 11.9 Å². The number of benzene rings is 1. The van der Waals surface area contributed by atoms with Crippen LogP contribution in [0.2, 0.25) is 0 Å². The maximum absolute atomic E-state index is 12.3. The minimum Gasteiger partial charge on any atom is -0.492 e. The molecule has 2 rings (SSSR count). The van der Waals surface area contributed by atoms with E-state index in [1.54, 1.807) is 0 Å². The summed E-state index contributed by atoms with van der Waals surface area (Å²) in [4.78, 5) is 14.6. The number of aryl methyl sites for hydroxylation is 1. The maximum Gasteiger partial charge on any atom is 0.237 e. The highest BCUT2D eigenvalue weighted by atomic mass is 16.5. The zero-order valence-electron chi connectivity index (χ0n) is 15.9. The van der Waals surface area contributed by atoms with E-state index >= 15 is 0 Å². The number of carbonyl (C=O) groups is 1. The number of carbonyl (C=O) groups excluding carboxylic acids is 1. The van der Waals surface area contributed by atoms with Crippen molar-refractivity contribution in [2.45, 2.75) is 39.2 Å². The van der Waals surface area contributed by atoms with Crippen LogP contribution in [0, 0.1) is 12.8 Å². The summed E-state index contributed by atoms with van der Waals surface area (Å²) in [6.45, 7) is 8.19. The number of ether oxygens (including phenoxy) is 1. The highest BCUT2D eigenvalue weighted by molar-refractivity contribution is 5.81. The summed E-state index contributed by atoms with van der Waals surface area (Å²) in [7, 11) is 2.00. The molecular formula is C20H33N3O2. The Hall–Kier alpha value is -1.59. The van der Waals surface area contributed by atoms with Crippen molar-refractivity contribution >= 4 is 5.91 Å². The van der Waals surface area contributed by atoms with Crippen LogP contribution < -0.4 is 15.4 Å². The number of nitrogens with one attached hydrogen (secondary N) is 2. The fourth-order valence-electron chi connectivity index (χ4n) is 3.34. The lowest BCUT2D eigenvalue weighted by molar-refractivity contribution is -0.126. The summed E-state index contributed by atoms with van der Waals surface area (Å²) >= 11 is 0. The molecule has 25 heavy (non-hydrogen) atoms. The molecular weight excluding hydrogens is 314 g/mol. The molecule has 0 bridgehead atoms. The van der Waals surface area contributed by atoms with Crippen molar-refractivity contribution in [3.05, 3.63) is 29.8 Å². The summed E-state index contributed by atoms with van der Waals surface area (Å²) in [5, 5.41) is 6.22. The Morgan fingerprint density at radius 1 is 1.32 bits per heavy atom. The van der Waals surface area contributed by atoms with Gasteiger partial charge in [-0.1, -0.05) is 12.1 Å². The van der Waals surface area contributed by atoms with Crippen LogP contribution in [0.3, 0.4) is 0 Å². The molecule has 0 radical (unpaired) electrons. The van der Waals surface area contributed by atoms with Gasteiger partial charge < -0.3 is 15.4 Å². The second kappa shape index (κ2) is 10.4. The van der Waals surface area contributed by atoms with E-state index in [2.05, 4.69) is 15.5 Å². The lowest BCUT2D eigenvalue weighted by Gasteiger charge is -2.35. The third-order valence-corrected chi connectivity index (χ3v) is 5.04. The van der Waals surface area contributed by atoms with Crippen molar-refractivity contribution in [3.8, 4) is 5.75 Å². The lowest BCUT2D eigenvalue weighted by Crippen LogP contribution is -2.49. The van der Waals surface area contributed by atoms with Gasteiger partial charge in [-0.05, 0) is 83.4 Å². The topological polar surface area (TPSA) is 53.6 Å². The molecule has 1 amide bonds. The van der Waals surface area contributed by atoms with Crippen molar-refractivity contribution in [2.24, 2.45) is 5.92 Å². The molecule has 1 atom stereocenters. The van der Waals surface area contributed by atoms with Crippen LogP contribution in [0.15, 0.2) is 24.3 Å². The molecule has 1 saturated heterocycles. The molecule has 1 aliphatic rings. The summed E-state index contributed by atoms with van der Waals surface area (Å²) in [6, 6.07) is 7.89. The first-order valence-electron chi connectivity index (χ1n) is 9.46. The van der Waals surface area contributed by atoms with Gasteiger partial charge in [0.2, 0.25) is 5.91 Å². The monoisotopic (exact) mass is 347 g/mol. The van der Waals surface area contributed by atoms with Crippen LogP contribution in [0.1, 0.15) is 31.7 Å². The zero-order chi connectivity index (χ0) is 18.1. The number of likely N-dealkylation sites (tertiary alicyclic amines) is 1. The second-order valence-corrected chi connectivity index (χ2v) is 7.00. The molecule has 0 spiro atoms. The van der Waals surface area contributed by atoms with Gasteiger partial charge in [0.1, 0.15) is 12.4 Å². The first kappa shape index (κ1) is 19.7. The third-order valence-electron chi connectivity index (χ3n) is 5.04. The maximum atomic E-state index is 12.3. The van der Waals surface area contributed by atoms with Gasteiger partial charge in [0.05, 0.1) is 12.6 Å². The number of hydrogen-bond donors (Lipinski definition) is 2. The van der Waals surface area contributed by atoms with Gasteiger partial charge in [0.25, 0.3) is 0 Å². The largest absolute Gasteiger partial charge is 0.492 e. The van der Waals surface area contributed by atoms with Gasteiger partial charge in [-0.15, -0.1) is 0 Å². The van der Waals surface area contributed by atoms with Gasteiger partial charge in [0, 0.05) is 0 Å². The van der Waals surface area contributed by atoms with Crippen molar-refractivity contribution in [1.82, 2.24) is 15.5 Å². The number of rotatable bonds is 9. The van der Waals surface area contributed by atoms with Crippen LogP contribution >= 0.6 is 0 Å². The van der Waals surface area contributed by atoms with Crippen molar-refractivity contribution < 1.29 is 9.53 Å². The van der Waals surface area contributed by atoms with E-state index in [4.69, 9.17) is 4.74 Å². The highest BCUT2D eigenvalue weighted by Gasteiger charge is 2.26. The third kappa shape index (κ3) is 6.67. The first-order valence-corrected chi connectivity index (χ1v) is 9.46. The average Bonchev–Trinajstić information content (AvgIpc) is 2.63. The van der Waals surface area contributed by atoms with E-state index in [9.17, 15) is 4.79 Å². The van der Waals surface area contributed by atoms with E-state index in [0.717, 1.165) is 31.3 Å². The average molecular weight is 348 g/mol. The number of nitrogens with zero attached hydrogens (tertiary/aromatic N) is 1. The molecule has 1 heterocycles. The van der Waals surface area contributed by atoms with Crippen LogP contribution in [0.25, 0.3) is 0 Å². The molecule has 1 unspecified atom stereocenters. The zero-order valence-corrected chi connectivity index (χ0v) is 15.9. The fourth-order valence-corrected chi connectivity index (χ4v) is 3.34. The van der Waals surface area contributed by atoms with Gasteiger partial charge >= 0.3 is 0 Å². The molecule has 0 saturated carbocycles. The van der Waals surface area contributed by atoms with E-state index < -0.39 is 0 Å². The lowest BCUT2D eigenvalue weighted by atomic mass is 9.93. The van der Waals surface area contributed by atoms with Gasteiger partial charge in [-0.25, -0.2) is 0 Å². The normalized spacial score (nSPS) is 17.2. The number of piperidine rings is 1. The number of amides is 1. The molecule has 1 fully saturated rings. The molecule has 1 aliphatic heterocycles. The summed E-state index contributed by atoms with van der Waals surface area (Å²) < 4.78 is 5.68. The molecule has 1 aromatic carbocycles. The Kier molecular flexibility index (Phi) is 8.22. The van der Waals surface area contributed by atoms with Crippen LogP contribution in [-0.2, 0) is 4.79 Å². The van der Waals surface area contributed by atoms with Crippen molar-refractivity contribution in [3.63, 3.8) is 0 Å². The highest BCUT2D eigenvalue weighted by Crippen LogP contribution is 2.21.